The summed E-state index contributed by atoms with van der Waals surface area (Å²) in [5.41, 5.74) is 8.59. The van der Waals surface area contributed by atoms with E-state index in [1.165, 1.54) is 15.6 Å². The van der Waals surface area contributed by atoms with Crippen molar-refractivity contribution in [3.05, 3.63) is 33.8 Å². The molecule has 0 saturated carbocycles. The standard InChI is InChI=1S/C15H25BrN2/c1-5-8-18(11(2)3)15(10-17)13-7-6-12(4)9-14(13)16/h6-7,9,11,15H,5,8,10,17H2,1-4H3. The maximum atomic E-state index is 6.02. The van der Waals surface area contributed by atoms with Crippen molar-refractivity contribution in [2.24, 2.45) is 5.73 Å². The van der Waals surface area contributed by atoms with E-state index in [1.807, 2.05) is 0 Å². The largest absolute Gasteiger partial charge is 0.329 e. The molecule has 1 rings (SSSR count). The van der Waals surface area contributed by atoms with Crippen LogP contribution in [0.15, 0.2) is 22.7 Å². The van der Waals surface area contributed by atoms with Crippen LogP contribution in [0.5, 0.6) is 0 Å². The molecule has 0 aliphatic rings. The van der Waals surface area contributed by atoms with E-state index >= 15 is 0 Å². The van der Waals surface area contributed by atoms with Crippen LogP contribution in [0, 0.1) is 6.92 Å². The molecular formula is C15H25BrN2. The van der Waals surface area contributed by atoms with Crippen molar-refractivity contribution in [2.75, 3.05) is 13.1 Å². The number of aryl methyl sites for hydroxylation is 1. The first-order valence-electron chi connectivity index (χ1n) is 6.73. The van der Waals surface area contributed by atoms with Crippen molar-refractivity contribution in [2.45, 2.75) is 46.2 Å². The average molecular weight is 313 g/mol. The van der Waals surface area contributed by atoms with E-state index in [1.54, 1.807) is 0 Å². The van der Waals surface area contributed by atoms with Gasteiger partial charge in [-0.25, -0.2) is 0 Å². The summed E-state index contributed by atoms with van der Waals surface area (Å²) in [6.45, 7) is 10.5. The smallest absolute Gasteiger partial charge is 0.0484 e. The van der Waals surface area contributed by atoms with Crippen molar-refractivity contribution >= 4 is 15.9 Å². The van der Waals surface area contributed by atoms with Crippen LogP contribution in [-0.2, 0) is 0 Å². The zero-order valence-corrected chi connectivity index (χ0v) is 13.5. The van der Waals surface area contributed by atoms with E-state index in [0.717, 1.165) is 13.0 Å². The maximum absolute atomic E-state index is 6.02. The van der Waals surface area contributed by atoms with Gasteiger partial charge < -0.3 is 5.73 Å². The fraction of sp³-hybridized carbons (Fsp3) is 0.600. The van der Waals surface area contributed by atoms with E-state index in [2.05, 4.69) is 66.7 Å². The van der Waals surface area contributed by atoms with Crippen molar-refractivity contribution in [1.82, 2.24) is 4.90 Å². The lowest BCUT2D eigenvalue weighted by molar-refractivity contribution is 0.157. The van der Waals surface area contributed by atoms with Crippen LogP contribution >= 0.6 is 15.9 Å². The molecule has 1 unspecified atom stereocenters. The molecule has 1 aromatic carbocycles. The highest BCUT2D eigenvalue weighted by atomic mass is 79.9. The molecule has 0 fully saturated rings. The van der Waals surface area contributed by atoms with E-state index in [0.29, 0.717) is 18.6 Å². The number of nitrogens with two attached hydrogens (primary N) is 1. The Bertz CT molecular complexity index is 377. The highest BCUT2D eigenvalue weighted by Crippen LogP contribution is 2.29. The Hall–Kier alpha value is -0.380. The third-order valence-corrected chi connectivity index (χ3v) is 3.97. The van der Waals surface area contributed by atoms with Gasteiger partial charge in [0.1, 0.15) is 0 Å². The molecule has 2 nitrogen and oxygen atoms in total. The van der Waals surface area contributed by atoms with Gasteiger partial charge in [0.15, 0.2) is 0 Å². The minimum Gasteiger partial charge on any atom is -0.329 e. The zero-order chi connectivity index (χ0) is 13.7. The molecule has 18 heavy (non-hydrogen) atoms. The molecule has 0 aliphatic carbocycles. The van der Waals surface area contributed by atoms with Gasteiger partial charge in [0.2, 0.25) is 0 Å². The molecule has 0 radical (unpaired) electrons. The van der Waals surface area contributed by atoms with Gasteiger partial charge in [-0.15, -0.1) is 0 Å². The van der Waals surface area contributed by atoms with Crippen LogP contribution < -0.4 is 5.73 Å². The summed E-state index contributed by atoms with van der Waals surface area (Å²) >= 11 is 3.67. The third kappa shape index (κ3) is 3.81. The van der Waals surface area contributed by atoms with Crippen LogP contribution in [0.2, 0.25) is 0 Å². The molecule has 0 aliphatic heterocycles. The van der Waals surface area contributed by atoms with Gasteiger partial charge in [0.05, 0.1) is 0 Å². The number of hydrogen-bond acceptors (Lipinski definition) is 2. The lowest BCUT2D eigenvalue weighted by atomic mass is 10.0. The number of halogens is 1. The normalized spacial score (nSPS) is 13.3. The predicted octanol–water partition coefficient (Wildman–Crippen LogP) is 3.88. The maximum Gasteiger partial charge on any atom is 0.0484 e. The fourth-order valence-corrected chi connectivity index (χ4v) is 3.13. The monoisotopic (exact) mass is 312 g/mol. The summed E-state index contributed by atoms with van der Waals surface area (Å²) in [6, 6.07) is 7.32. The van der Waals surface area contributed by atoms with Crippen LogP contribution in [0.3, 0.4) is 0 Å². The molecule has 0 heterocycles. The second-order valence-corrected chi connectivity index (χ2v) is 5.96. The molecule has 0 bridgehead atoms. The van der Waals surface area contributed by atoms with Crippen molar-refractivity contribution < 1.29 is 0 Å². The lowest BCUT2D eigenvalue weighted by Gasteiger charge is -2.35. The van der Waals surface area contributed by atoms with Crippen LogP contribution in [-0.4, -0.2) is 24.0 Å². The molecule has 0 spiro atoms. The topological polar surface area (TPSA) is 29.3 Å². The van der Waals surface area contributed by atoms with Crippen molar-refractivity contribution in [1.29, 1.82) is 0 Å². The van der Waals surface area contributed by atoms with Crippen LogP contribution in [0.1, 0.15) is 44.4 Å². The molecule has 3 heteroatoms. The molecule has 102 valence electrons. The SMILES string of the molecule is CCCN(C(C)C)C(CN)c1ccc(C)cc1Br. The second-order valence-electron chi connectivity index (χ2n) is 5.11. The highest BCUT2D eigenvalue weighted by molar-refractivity contribution is 9.10. The second kappa shape index (κ2) is 7.27. The summed E-state index contributed by atoms with van der Waals surface area (Å²) in [5, 5.41) is 0. The summed E-state index contributed by atoms with van der Waals surface area (Å²) < 4.78 is 1.17. The molecule has 0 amide bonds. The minimum absolute atomic E-state index is 0.292. The molecular weight excluding hydrogens is 288 g/mol. The summed E-state index contributed by atoms with van der Waals surface area (Å²) in [4.78, 5) is 2.48. The Labute approximate surface area is 120 Å². The van der Waals surface area contributed by atoms with Crippen LogP contribution in [0.4, 0.5) is 0 Å². The van der Waals surface area contributed by atoms with E-state index in [-0.39, 0.29) is 0 Å². The quantitative estimate of drug-likeness (QED) is 0.863. The Kier molecular flexibility index (Phi) is 6.33. The molecule has 1 atom stereocenters. The Morgan fingerprint density at radius 3 is 2.44 bits per heavy atom. The predicted molar refractivity (Wildman–Crippen MR) is 82.8 cm³/mol. The van der Waals surface area contributed by atoms with E-state index in [4.69, 9.17) is 5.73 Å². The van der Waals surface area contributed by atoms with Gasteiger partial charge in [-0.2, -0.15) is 0 Å². The summed E-state index contributed by atoms with van der Waals surface area (Å²) in [6.07, 6.45) is 1.15. The van der Waals surface area contributed by atoms with Crippen molar-refractivity contribution in [3.8, 4) is 0 Å². The molecule has 1 aromatic rings. The first-order valence-corrected chi connectivity index (χ1v) is 7.52. The molecule has 0 aromatic heterocycles. The van der Waals surface area contributed by atoms with Gasteiger partial charge in [0, 0.05) is 23.1 Å². The Balaban J connectivity index is 3.06. The van der Waals surface area contributed by atoms with Gasteiger partial charge >= 0.3 is 0 Å². The number of nitrogens with zero attached hydrogens (tertiary/aromatic N) is 1. The summed E-state index contributed by atoms with van der Waals surface area (Å²) in [5.74, 6) is 0. The highest BCUT2D eigenvalue weighted by Gasteiger charge is 2.22. The van der Waals surface area contributed by atoms with Gasteiger partial charge in [-0.1, -0.05) is 35.0 Å². The number of rotatable bonds is 6. The zero-order valence-electron chi connectivity index (χ0n) is 11.9. The third-order valence-electron chi connectivity index (χ3n) is 3.28. The lowest BCUT2D eigenvalue weighted by Crippen LogP contribution is -2.39. The van der Waals surface area contributed by atoms with Gasteiger partial charge in [0.25, 0.3) is 0 Å². The van der Waals surface area contributed by atoms with Gasteiger partial charge in [-0.05, 0) is 50.9 Å². The molecule has 0 saturated heterocycles. The van der Waals surface area contributed by atoms with Crippen molar-refractivity contribution in [3.63, 3.8) is 0 Å². The Morgan fingerprint density at radius 2 is 2.00 bits per heavy atom. The average Bonchev–Trinajstić information content (AvgIpc) is 2.31. The number of benzene rings is 1. The summed E-state index contributed by atoms with van der Waals surface area (Å²) in [7, 11) is 0. The molecule has 2 N–H and O–H groups in total. The first kappa shape index (κ1) is 15.7. The van der Waals surface area contributed by atoms with E-state index in [9.17, 15) is 0 Å². The van der Waals surface area contributed by atoms with E-state index < -0.39 is 0 Å². The Morgan fingerprint density at radius 1 is 1.33 bits per heavy atom. The van der Waals surface area contributed by atoms with Gasteiger partial charge in [-0.3, -0.25) is 4.90 Å². The first-order chi connectivity index (χ1) is 8.51. The fourth-order valence-electron chi connectivity index (χ4n) is 2.38. The number of hydrogen-bond donors (Lipinski definition) is 1. The minimum atomic E-state index is 0.292. The van der Waals surface area contributed by atoms with Crippen LogP contribution in [0.25, 0.3) is 0 Å².